The summed E-state index contributed by atoms with van der Waals surface area (Å²) in [7, 11) is 1.65. The molecule has 20 heavy (non-hydrogen) atoms. The van der Waals surface area contributed by atoms with E-state index in [1.165, 1.54) is 0 Å². The first-order valence-electron chi connectivity index (χ1n) is 5.95. The molecule has 0 saturated carbocycles. The van der Waals surface area contributed by atoms with Gasteiger partial charge >= 0.3 is 0 Å². The molecule has 0 atom stereocenters. The molecule has 0 spiro atoms. The number of benzene rings is 2. The SMILES string of the molecule is COc1ccc(I)cc1-c1nnc(Cl)c2ccccc12. The molecule has 3 rings (SSSR count). The van der Waals surface area contributed by atoms with Gasteiger partial charge in [-0.15, -0.1) is 10.2 Å². The first-order valence-corrected chi connectivity index (χ1v) is 7.41. The van der Waals surface area contributed by atoms with Crippen molar-refractivity contribution in [3.63, 3.8) is 0 Å². The number of nitrogens with zero attached hydrogens (tertiary/aromatic N) is 2. The van der Waals surface area contributed by atoms with Crippen molar-refractivity contribution in [3.8, 4) is 17.0 Å². The summed E-state index contributed by atoms with van der Waals surface area (Å²) in [6.07, 6.45) is 0. The van der Waals surface area contributed by atoms with E-state index in [0.717, 1.165) is 31.3 Å². The third-order valence-electron chi connectivity index (χ3n) is 3.06. The molecule has 0 fully saturated rings. The average molecular weight is 397 g/mol. The summed E-state index contributed by atoms with van der Waals surface area (Å²) in [6.45, 7) is 0. The van der Waals surface area contributed by atoms with Crippen molar-refractivity contribution in [2.24, 2.45) is 0 Å². The van der Waals surface area contributed by atoms with Gasteiger partial charge in [0.25, 0.3) is 0 Å². The minimum atomic E-state index is 0.411. The van der Waals surface area contributed by atoms with Crippen LogP contribution in [-0.4, -0.2) is 17.3 Å². The summed E-state index contributed by atoms with van der Waals surface area (Å²) >= 11 is 8.38. The molecule has 1 heterocycles. The van der Waals surface area contributed by atoms with Crippen LogP contribution in [-0.2, 0) is 0 Å². The normalized spacial score (nSPS) is 10.8. The number of ether oxygens (including phenoxy) is 1. The molecule has 0 radical (unpaired) electrons. The van der Waals surface area contributed by atoms with Gasteiger partial charge in [-0.1, -0.05) is 35.9 Å². The second-order valence-electron chi connectivity index (χ2n) is 4.23. The molecule has 3 aromatic rings. The van der Waals surface area contributed by atoms with Crippen molar-refractivity contribution in [2.45, 2.75) is 0 Å². The van der Waals surface area contributed by atoms with Gasteiger partial charge in [-0.25, -0.2) is 0 Å². The van der Waals surface area contributed by atoms with E-state index in [9.17, 15) is 0 Å². The van der Waals surface area contributed by atoms with Gasteiger partial charge in [-0.05, 0) is 40.8 Å². The van der Waals surface area contributed by atoms with Crippen LogP contribution in [0.15, 0.2) is 42.5 Å². The number of methoxy groups -OCH3 is 1. The van der Waals surface area contributed by atoms with Crippen molar-refractivity contribution in [3.05, 3.63) is 51.2 Å². The quantitative estimate of drug-likeness (QED) is 0.596. The fourth-order valence-electron chi connectivity index (χ4n) is 2.14. The maximum absolute atomic E-state index is 6.12. The van der Waals surface area contributed by atoms with Gasteiger partial charge in [0, 0.05) is 19.9 Å². The van der Waals surface area contributed by atoms with Crippen LogP contribution in [0.4, 0.5) is 0 Å². The maximum Gasteiger partial charge on any atom is 0.159 e. The van der Waals surface area contributed by atoms with Crippen LogP contribution in [0.25, 0.3) is 22.0 Å². The Bertz CT molecular complexity index is 792. The lowest BCUT2D eigenvalue weighted by molar-refractivity contribution is 0.416. The smallest absolute Gasteiger partial charge is 0.159 e. The second-order valence-corrected chi connectivity index (χ2v) is 5.83. The van der Waals surface area contributed by atoms with Crippen molar-refractivity contribution < 1.29 is 4.74 Å². The Morgan fingerprint density at radius 2 is 1.80 bits per heavy atom. The lowest BCUT2D eigenvalue weighted by atomic mass is 10.0. The molecule has 0 saturated heterocycles. The van der Waals surface area contributed by atoms with Crippen molar-refractivity contribution in [2.75, 3.05) is 7.11 Å². The number of fused-ring (bicyclic) bond motifs is 1. The summed E-state index contributed by atoms with van der Waals surface area (Å²) in [5, 5.41) is 10.6. The Hall–Kier alpha value is -1.40. The largest absolute Gasteiger partial charge is 0.496 e. The van der Waals surface area contributed by atoms with Crippen LogP contribution in [0.3, 0.4) is 0 Å². The van der Waals surface area contributed by atoms with Gasteiger partial charge in [0.2, 0.25) is 0 Å². The van der Waals surface area contributed by atoms with E-state index in [1.807, 2.05) is 42.5 Å². The van der Waals surface area contributed by atoms with Gasteiger partial charge in [0.15, 0.2) is 5.15 Å². The number of hydrogen-bond acceptors (Lipinski definition) is 3. The number of aromatic nitrogens is 2. The van der Waals surface area contributed by atoms with Crippen molar-refractivity contribution in [1.82, 2.24) is 10.2 Å². The molecule has 0 aliphatic heterocycles. The third-order valence-corrected chi connectivity index (χ3v) is 4.01. The van der Waals surface area contributed by atoms with Crippen molar-refractivity contribution in [1.29, 1.82) is 0 Å². The molecule has 0 amide bonds. The van der Waals surface area contributed by atoms with Gasteiger partial charge < -0.3 is 4.74 Å². The summed E-state index contributed by atoms with van der Waals surface area (Å²) in [5.74, 6) is 0.771. The molecule has 5 heteroatoms. The lowest BCUT2D eigenvalue weighted by Crippen LogP contribution is -1.95. The molecule has 0 bridgehead atoms. The number of halogens is 2. The Morgan fingerprint density at radius 3 is 2.55 bits per heavy atom. The highest BCUT2D eigenvalue weighted by Crippen LogP contribution is 2.35. The van der Waals surface area contributed by atoms with Crippen molar-refractivity contribution >= 4 is 45.0 Å². The average Bonchev–Trinajstić information content (AvgIpc) is 2.48. The van der Waals surface area contributed by atoms with E-state index in [2.05, 4.69) is 32.8 Å². The number of rotatable bonds is 2. The molecular weight excluding hydrogens is 387 g/mol. The van der Waals surface area contributed by atoms with Crippen LogP contribution in [0.2, 0.25) is 5.15 Å². The first-order chi connectivity index (χ1) is 9.70. The van der Waals surface area contributed by atoms with E-state index >= 15 is 0 Å². The summed E-state index contributed by atoms with van der Waals surface area (Å²) < 4.78 is 6.54. The monoisotopic (exact) mass is 396 g/mol. The molecule has 1 aromatic heterocycles. The highest BCUT2D eigenvalue weighted by atomic mass is 127. The molecule has 0 aliphatic carbocycles. The zero-order valence-corrected chi connectivity index (χ0v) is 13.5. The molecule has 100 valence electrons. The van der Waals surface area contributed by atoms with E-state index in [4.69, 9.17) is 16.3 Å². The van der Waals surface area contributed by atoms with Gasteiger partial charge in [-0.3, -0.25) is 0 Å². The molecule has 0 N–H and O–H groups in total. The Labute approximate surface area is 135 Å². The third kappa shape index (κ3) is 2.33. The zero-order valence-electron chi connectivity index (χ0n) is 10.6. The minimum Gasteiger partial charge on any atom is -0.496 e. The van der Waals surface area contributed by atoms with Crippen LogP contribution < -0.4 is 4.74 Å². The molecule has 3 nitrogen and oxygen atoms in total. The first kappa shape index (κ1) is 13.6. The fraction of sp³-hybridized carbons (Fsp3) is 0.0667. The molecule has 0 aliphatic rings. The molecule has 0 unspecified atom stereocenters. The zero-order chi connectivity index (χ0) is 14.1. The van der Waals surface area contributed by atoms with E-state index in [0.29, 0.717) is 5.15 Å². The van der Waals surface area contributed by atoms with Gasteiger partial charge in [0.1, 0.15) is 11.4 Å². The van der Waals surface area contributed by atoms with Gasteiger partial charge in [-0.2, -0.15) is 0 Å². The summed E-state index contributed by atoms with van der Waals surface area (Å²) in [6, 6.07) is 13.8. The van der Waals surface area contributed by atoms with Crippen LogP contribution in [0, 0.1) is 3.57 Å². The standard InChI is InChI=1S/C15H10ClIN2O/c1-20-13-7-6-9(17)8-12(13)14-10-4-2-3-5-11(10)15(16)19-18-14/h2-8H,1H3. The van der Waals surface area contributed by atoms with E-state index in [-0.39, 0.29) is 0 Å². The van der Waals surface area contributed by atoms with Gasteiger partial charge in [0.05, 0.1) is 7.11 Å². The Balaban J connectivity index is 2.36. The Morgan fingerprint density at radius 1 is 1.05 bits per heavy atom. The van der Waals surface area contributed by atoms with E-state index in [1.54, 1.807) is 7.11 Å². The number of hydrogen-bond donors (Lipinski definition) is 0. The van der Waals surface area contributed by atoms with Crippen LogP contribution >= 0.6 is 34.2 Å². The lowest BCUT2D eigenvalue weighted by Gasteiger charge is -2.10. The van der Waals surface area contributed by atoms with Crippen LogP contribution in [0.1, 0.15) is 0 Å². The fourth-order valence-corrected chi connectivity index (χ4v) is 2.83. The Kier molecular flexibility index (Phi) is 3.76. The highest BCUT2D eigenvalue weighted by molar-refractivity contribution is 14.1. The summed E-state index contributed by atoms with van der Waals surface area (Å²) in [5.41, 5.74) is 1.69. The van der Waals surface area contributed by atoms with Crippen LogP contribution in [0.5, 0.6) is 5.75 Å². The highest BCUT2D eigenvalue weighted by Gasteiger charge is 2.13. The predicted molar refractivity (Wildman–Crippen MR) is 89.3 cm³/mol. The summed E-state index contributed by atoms with van der Waals surface area (Å²) in [4.78, 5) is 0. The van der Waals surface area contributed by atoms with E-state index < -0.39 is 0 Å². The molecule has 2 aromatic carbocycles. The second kappa shape index (κ2) is 5.54. The molecular formula is C15H10ClIN2O. The maximum atomic E-state index is 6.12. The minimum absolute atomic E-state index is 0.411. The topological polar surface area (TPSA) is 35.0 Å². The predicted octanol–water partition coefficient (Wildman–Crippen LogP) is 4.56.